The molecular weight excluding hydrogens is 357 g/mol. The second-order valence-electron chi connectivity index (χ2n) is 5.84. The number of nitrogens with one attached hydrogen (secondary N) is 1. The van der Waals surface area contributed by atoms with Crippen LogP contribution in [0, 0.1) is 6.92 Å². The molecule has 0 aliphatic rings. The van der Waals surface area contributed by atoms with Crippen LogP contribution in [0.15, 0.2) is 55.2 Å². The second-order valence-corrected chi connectivity index (χ2v) is 5.84. The molecule has 4 rings (SSSR count). The van der Waals surface area contributed by atoms with Crippen LogP contribution in [0.25, 0.3) is 17.0 Å². The van der Waals surface area contributed by atoms with Crippen LogP contribution in [-0.2, 0) is 6.18 Å². The molecule has 0 bridgehead atoms. The molecule has 3 aromatic heterocycles. The number of aryl methyl sites for hydroxylation is 1. The molecule has 6 nitrogen and oxygen atoms in total. The molecule has 0 saturated carbocycles. The number of imidazole rings is 1. The van der Waals surface area contributed by atoms with E-state index in [9.17, 15) is 13.2 Å². The summed E-state index contributed by atoms with van der Waals surface area (Å²) in [4.78, 5) is 17.2. The summed E-state index contributed by atoms with van der Waals surface area (Å²) in [5.41, 5.74) is 2.59. The quantitative estimate of drug-likeness (QED) is 0.584. The van der Waals surface area contributed by atoms with Gasteiger partial charge < -0.3 is 5.32 Å². The fourth-order valence-corrected chi connectivity index (χ4v) is 2.76. The van der Waals surface area contributed by atoms with Crippen LogP contribution in [0.4, 0.5) is 24.7 Å². The number of nitrogens with zero attached hydrogens (tertiary/aromatic N) is 5. The van der Waals surface area contributed by atoms with Crippen LogP contribution in [0.2, 0.25) is 0 Å². The van der Waals surface area contributed by atoms with Crippen molar-refractivity contribution >= 4 is 17.2 Å². The second kappa shape index (κ2) is 6.35. The lowest BCUT2D eigenvalue weighted by Gasteiger charge is -2.10. The highest BCUT2D eigenvalue weighted by Crippen LogP contribution is 2.30. The average Bonchev–Trinajstić information content (AvgIpc) is 2.97. The Balaban J connectivity index is 1.66. The third kappa shape index (κ3) is 3.31. The molecule has 0 aliphatic heterocycles. The van der Waals surface area contributed by atoms with Crippen LogP contribution in [0.3, 0.4) is 0 Å². The van der Waals surface area contributed by atoms with Crippen LogP contribution < -0.4 is 5.32 Å². The van der Waals surface area contributed by atoms with Gasteiger partial charge in [0.15, 0.2) is 5.65 Å². The summed E-state index contributed by atoms with van der Waals surface area (Å²) < 4.78 is 39.9. The number of fused-ring (bicyclic) bond motifs is 1. The van der Waals surface area contributed by atoms with Crippen molar-refractivity contribution < 1.29 is 13.2 Å². The molecule has 3 heterocycles. The first-order valence-corrected chi connectivity index (χ1v) is 7.97. The largest absolute Gasteiger partial charge is 0.416 e. The van der Waals surface area contributed by atoms with Crippen molar-refractivity contribution in [2.24, 2.45) is 0 Å². The summed E-state index contributed by atoms with van der Waals surface area (Å²) in [7, 11) is 0. The molecule has 4 aromatic rings. The highest BCUT2D eigenvalue weighted by molar-refractivity contribution is 5.65. The topological polar surface area (TPSA) is 68.0 Å². The lowest BCUT2D eigenvalue weighted by Crippen LogP contribution is -2.04. The minimum absolute atomic E-state index is 0.413. The third-order valence-electron chi connectivity index (χ3n) is 3.97. The molecular formula is C18H13F3N6. The maximum absolute atomic E-state index is 12.7. The van der Waals surface area contributed by atoms with Crippen molar-refractivity contribution in [2.75, 3.05) is 5.32 Å². The van der Waals surface area contributed by atoms with E-state index in [2.05, 4.69) is 25.3 Å². The third-order valence-corrected chi connectivity index (χ3v) is 3.97. The first-order chi connectivity index (χ1) is 12.9. The van der Waals surface area contributed by atoms with Crippen molar-refractivity contribution in [1.29, 1.82) is 0 Å². The molecule has 0 atom stereocenters. The Morgan fingerprint density at radius 3 is 2.48 bits per heavy atom. The number of benzene rings is 1. The monoisotopic (exact) mass is 370 g/mol. The molecule has 136 valence electrons. The van der Waals surface area contributed by atoms with E-state index in [-0.39, 0.29) is 0 Å². The van der Waals surface area contributed by atoms with Gasteiger partial charge in [-0.1, -0.05) is 0 Å². The van der Waals surface area contributed by atoms with Gasteiger partial charge in [0, 0.05) is 18.1 Å². The van der Waals surface area contributed by atoms with Gasteiger partial charge in [0.25, 0.3) is 0 Å². The highest BCUT2D eigenvalue weighted by Gasteiger charge is 2.29. The molecule has 0 amide bonds. The zero-order valence-corrected chi connectivity index (χ0v) is 14.1. The Bertz CT molecular complexity index is 1100. The molecule has 0 spiro atoms. The van der Waals surface area contributed by atoms with E-state index in [0.29, 0.717) is 22.8 Å². The van der Waals surface area contributed by atoms with Gasteiger partial charge in [0.05, 0.1) is 35.5 Å². The van der Waals surface area contributed by atoms with Crippen molar-refractivity contribution in [2.45, 2.75) is 13.1 Å². The fourth-order valence-electron chi connectivity index (χ4n) is 2.76. The van der Waals surface area contributed by atoms with Gasteiger partial charge in [-0.3, -0.25) is 14.4 Å². The van der Waals surface area contributed by atoms with E-state index >= 15 is 0 Å². The smallest absolute Gasteiger partial charge is 0.339 e. The molecule has 1 aromatic carbocycles. The molecule has 1 N–H and O–H groups in total. The fraction of sp³-hybridized carbons (Fsp3) is 0.111. The van der Waals surface area contributed by atoms with Crippen LogP contribution in [0.5, 0.6) is 0 Å². The Hall–Kier alpha value is -3.49. The van der Waals surface area contributed by atoms with Crippen molar-refractivity contribution in [3.63, 3.8) is 0 Å². The van der Waals surface area contributed by atoms with E-state index in [0.717, 1.165) is 23.5 Å². The molecule has 27 heavy (non-hydrogen) atoms. The molecule has 0 radical (unpaired) electrons. The summed E-state index contributed by atoms with van der Waals surface area (Å²) in [6.07, 6.45) is 3.82. The van der Waals surface area contributed by atoms with Gasteiger partial charge in [0.2, 0.25) is 0 Å². The Morgan fingerprint density at radius 1 is 0.963 bits per heavy atom. The number of aromatic nitrogens is 5. The molecule has 0 saturated heterocycles. The minimum atomic E-state index is -4.37. The summed E-state index contributed by atoms with van der Waals surface area (Å²) in [6.45, 7) is 1.86. The summed E-state index contributed by atoms with van der Waals surface area (Å²) in [5.74, 6) is 0.413. The summed E-state index contributed by atoms with van der Waals surface area (Å²) in [6, 6.07) is 4.73. The normalized spacial score (nSPS) is 11.7. The summed E-state index contributed by atoms with van der Waals surface area (Å²) >= 11 is 0. The number of halogens is 3. The molecule has 9 heteroatoms. The van der Waals surface area contributed by atoms with Crippen LogP contribution >= 0.6 is 0 Å². The predicted molar refractivity (Wildman–Crippen MR) is 93.5 cm³/mol. The SMILES string of the molecule is Cc1nc2cnccn2c1-c1cncc(Nc2ccc(C(F)(F)F)cc2)n1. The van der Waals surface area contributed by atoms with Gasteiger partial charge in [0.1, 0.15) is 11.5 Å². The van der Waals surface area contributed by atoms with E-state index in [4.69, 9.17) is 0 Å². The highest BCUT2D eigenvalue weighted by atomic mass is 19.4. The maximum Gasteiger partial charge on any atom is 0.416 e. The van der Waals surface area contributed by atoms with Crippen LogP contribution in [0.1, 0.15) is 11.3 Å². The number of hydrogen-bond donors (Lipinski definition) is 1. The first-order valence-electron chi connectivity index (χ1n) is 7.97. The standard InChI is InChI=1S/C18H13F3N6/c1-11-17(27-7-6-22-10-16(27)24-11)14-8-23-9-15(26-14)25-13-4-2-12(3-5-13)18(19,20)21/h2-10H,1H3,(H,25,26). The average molecular weight is 370 g/mol. The van der Waals surface area contributed by atoms with Crippen molar-refractivity contribution in [3.8, 4) is 11.4 Å². The van der Waals surface area contributed by atoms with Crippen molar-refractivity contribution in [1.82, 2.24) is 24.3 Å². The van der Waals surface area contributed by atoms with E-state index in [1.165, 1.54) is 18.3 Å². The number of hydrogen-bond acceptors (Lipinski definition) is 5. The van der Waals surface area contributed by atoms with Gasteiger partial charge in [-0.2, -0.15) is 13.2 Å². The molecule has 0 fully saturated rings. The number of alkyl halides is 3. The van der Waals surface area contributed by atoms with Crippen LogP contribution in [-0.4, -0.2) is 24.3 Å². The van der Waals surface area contributed by atoms with Gasteiger partial charge in [-0.15, -0.1) is 0 Å². The Labute approximate surface area is 151 Å². The van der Waals surface area contributed by atoms with E-state index < -0.39 is 11.7 Å². The minimum Gasteiger partial charge on any atom is -0.339 e. The number of anilines is 2. The lowest BCUT2D eigenvalue weighted by atomic mass is 10.2. The Kier molecular flexibility index (Phi) is 3.98. The number of rotatable bonds is 3. The molecule has 0 aliphatic carbocycles. The Morgan fingerprint density at radius 2 is 1.74 bits per heavy atom. The van der Waals surface area contributed by atoms with Crippen molar-refractivity contribution in [3.05, 3.63) is 66.5 Å². The van der Waals surface area contributed by atoms with E-state index in [1.807, 2.05) is 11.3 Å². The lowest BCUT2D eigenvalue weighted by molar-refractivity contribution is -0.137. The van der Waals surface area contributed by atoms with Gasteiger partial charge in [-0.25, -0.2) is 9.97 Å². The zero-order valence-electron chi connectivity index (χ0n) is 14.1. The molecule has 0 unspecified atom stereocenters. The summed E-state index contributed by atoms with van der Waals surface area (Å²) in [5, 5.41) is 2.97. The maximum atomic E-state index is 12.7. The van der Waals surface area contributed by atoms with E-state index in [1.54, 1.807) is 24.8 Å². The van der Waals surface area contributed by atoms with Gasteiger partial charge in [-0.05, 0) is 31.2 Å². The predicted octanol–water partition coefficient (Wildman–Crippen LogP) is 4.26. The van der Waals surface area contributed by atoms with Gasteiger partial charge >= 0.3 is 6.18 Å². The zero-order chi connectivity index (χ0) is 19.0. The first kappa shape index (κ1) is 17.0.